The zero-order valence-electron chi connectivity index (χ0n) is 12.4. The van der Waals surface area contributed by atoms with E-state index < -0.39 is 8.15 Å². The molecule has 0 aromatic heterocycles. The number of aryl methyl sites for hydroxylation is 1. The Morgan fingerprint density at radius 1 is 1.00 bits per heavy atom. The first-order valence-corrected chi connectivity index (χ1v) is 8.19. The highest BCUT2D eigenvalue weighted by Crippen LogP contribution is 2.51. The minimum absolute atomic E-state index is 0.0440. The van der Waals surface area contributed by atoms with Crippen LogP contribution in [0.3, 0.4) is 0 Å². The van der Waals surface area contributed by atoms with E-state index in [-0.39, 0.29) is 10.6 Å². The molecule has 1 unspecified atom stereocenters. The van der Waals surface area contributed by atoms with Crippen LogP contribution >= 0.6 is 8.15 Å². The molecule has 1 aromatic rings. The molecule has 0 amide bonds. The van der Waals surface area contributed by atoms with Crippen molar-refractivity contribution in [1.82, 2.24) is 0 Å². The lowest BCUT2D eigenvalue weighted by molar-refractivity contribution is 0.327. The van der Waals surface area contributed by atoms with E-state index >= 15 is 0 Å². The third-order valence-electron chi connectivity index (χ3n) is 3.12. The van der Waals surface area contributed by atoms with E-state index in [2.05, 4.69) is 58.9 Å². The van der Waals surface area contributed by atoms with E-state index in [0.29, 0.717) is 0 Å². The van der Waals surface area contributed by atoms with Crippen molar-refractivity contribution in [3.63, 3.8) is 0 Å². The fourth-order valence-electron chi connectivity index (χ4n) is 2.57. The summed E-state index contributed by atoms with van der Waals surface area (Å²) in [6.45, 7) is 11.1. The fraction of sp³-hybridized carbons (Fsp3) is 0.625. The highest BCUT2D eigenvalue weighted by Gasteiger charge is 2.32. The summed E-state index contributed by atoms with van der Waals surface area (Å²) in [7, 11) is -0.912. The van der Waals surface area contributed by atoms with Crippen LogP contribution in [0.4, 0.5) is 0 Å². The molecule has 1 atom stereocenters. The molecule has 0 heterocycles. The molecule has 0 aliphatic rings. The summed E-state index contributed by atoms with van der Waals surface area (Å²) in [5.74, 6) is 0. The predicted molar refractivity (Wildman–Crippen MR) is 82.3 cm³/mol. The van der Waals surface area contributed by atoms with Crippen molar-refractivity contribution in [3.05, 3.63) is 35.9 Å². The first-order valence-electron chi connectivity index (χ1n) is 6.71. The van der Waals surface area contributed by atoms with Crippen molar-refractivity contribution >= 4 is 8.15 Å². The number of hydrogen-bond acceptors (Lipinski definition) is 1. The Kier molecular flexibility index (Phi) is 5.37. The lowest BCUT2D eigenvalue weighted by Crippen LogP contribution is -2.26. The molecule has 1 aromatic carbocycles. The van der Waals surface area contributed by atoms with Gasteiger partial charge >= 0.3 is 0 Å². The lowest BCUT2D eigenvalue weighted by Gasteiger charge is -2.36. The molecule has 0 spiro atoms. The normalized spacial score (nSPS) is 14.6. The van der Waals surface area contributed by atoms with E-state index in [1.54, 1.807) is 0 Å². The van der Waals surface area contributed by atoms with Crippen LogP contribution in [0.1, 0.15) is 46.6 Å². The van der Waals surface area contributed by atoms with Crippen LogP contribution < -0.4 is 0 Å². The standard InChI is InChI=1S/C16H27OP/c1-15(2,3)13-16(4,5)18(17)12-11-14-9-7-6-8-10-14/h6-10,17H,11-13H2,1-5H3. The van der Waals surface area contributed by atoms with Crippen LogP contribution in [0.2, 0.25) is 0 Å². The van der Waals surface area contributed by atoms with E-state index in [0.717, 1.165) is 19.0 Å². The Bertz CT molecular complexity index is 351. The highest BCUT2D eigenvalue weighted by atomic mass is 31.1. The van der Waals surface area contributed by atoms with Gasteiger partial charge in [0.15, 0.2) is 0 Å². The maximum Gasteiger partial charge on any atom is 0.0312 e. The van der Waals surface area contributed by atoms with Gasteiger partial charge < -0.3 is 4.89 Å². The third-order valence-corrected chi connectivity index (χ3v) is 5.32. The molecular weight excluding hydrogens is 239 g/mol. The Balaban J connectivity index is 2.52. The summed E-state index contributed by atoms with van der Waals surface area (Å²) < 4.78 is 0. The van der Waals surface area contributed by atoms with Gasteiger partial charge in [-0.05, 0) is 30.0 Å². The van der Waals surface area contributed by atoms with Crippen molar-refractivity contribution in [3.8, 4) is 0 Å². The summed E-state index contributed by atoms with van der Waals surface area (Å²) in [5, 5.41) is 0.0440. The molecule has 0 aliphatic carbocycles. The lowest BCUT2D eigenvalue weighted by atomic mass is 9.86. The molecule has 2 heteroatoms. The summed E-state index contributed by atoms with van der Waals surface area (Å²) in [6, 6.07) is 10.4. The molecule has 1 N–H and O–H groups in total. The van der Waals surface area contributed by atoms with Crippen LogP contribution in [0, 0.1) is 5.41 Å². The molecule has 1 rings (SSSR count). The smallest absolute Gasteiger partial charge is 0.0312 e. The summed E-state index contributed by atoms with van der Waals surface area (Å²) in [6.07, 6.45) is 2.95. The Morgan fingerprint density at radius 3 is 2.06 bits per heavy atom. The number of rotatable bonds is 5. The monoisotopic (exact) mass is 266 g/mol. The second-order valence-electron chi connectivity index (χ2n) is 6.91. The van der Waals surface area contributed by atoms with Gasteiger partial charge in [0.1, 0.15) is 0 Å². The first-order chi connectivity index (χ1) is 8.21. The van der Waals surface area contributed by atoms with Crippen molar-refractivity contribution in [2.24, 2.45) is 5.41 Å². The SMILES string of the molecule is CC(C)(C)CC(C)(C)P(O)CCc1ccccc1. The molecule has 0 aliphatic heterocycles. The van der Waals surface area contributed by atoms with Crippen molar-refractivity contribution < 1.29 is 4.89 Å². The van der Waals surface area contributed by atoms with Crippen molar-refractivity contribution in [1.29, 1.82) is 0 Å². The molecule has 1 nitrogen and oxygen atoms in total. The van der Waals surface area contributed by atoms with Crippen LogP contribution in [-0.4, -0.2) is 16.2 Å². The van der Waals surface area contributed by atoms with Gasteiger partial charge in [-0.15, -0.1) is 0 Å². The molecular formula is C16H27OP. The van der Waals surface area contributed by atoms with Crippen molar-refractivity contribution in [2.45, 2.75) is 52.6 Å². The first kappa shape index (κ1) is 15.7. The zero-order chi connectivity index (χ0) is 13.8. The minimum Gasteiger partial charge on any atom is -0.373 e. The second kappa shape index (κ2) is 6.17. The fourth-order valence-corrected chi connectivity index (χ4v) is 4.30. The topological polar surface area (TPSA) is 20.2 Å². The van der Waals surface area contributed by atoms with Gasteiger partial charge in [-0.1, -0.05) is 65.0 Å². The Hall–Kier alpha value is -0.390. The summed E-state index contributed by atoms with van der Waals surface area (Å²) in [4.78, 5) is 10.5. The largest absolute Gasteiger partial charge is 0.373 e. The summed E-state index contributed by atoms with van der Waals surface area (Å²) in [5.41, 5.74) is 1.60. The van der Waals surface area contributed by atoms with Gasteiger partial charge in [-0.3, -0.25) is 0 Å². The van der Waals surface area contributed by atoms with Gasteiger partial charge in [0.05, 0.1) is 0 Å². The third kappa shape index (κ3) is 5.50. The van der Waals surface area contributed by atoms with Crippen molar-refractivity contribution in [2.75, 3.05) is 6.16 Å². The minimum atomic E-state index is -0.912. The van der Waals surface area contributed by atoms with Gasteiger partial charge in [0.25, 0.3) is 0 Å². The molecule has 0 radical (unpaired) electrons. The Morgan fingerprint density at radius 2 is 1.56 bits per heavy atom. The van der Waals surface area contributed by atoms with E-state index in [1.807, 2.05) is 6.07 Å². The van der Waals surface area contributed by atoms with E-state index in [9.17, 15) is 4.89 Å². The summed E-state index contributed by atoms with van der Waals surface area (Å²) >= 11 is 0. The van der Waals surface area contributed by atoms with Crippen LogP contribution in [0.25, 0.3) is 0 Å². The molecule has 0 saturated heterocycles. The maximum atomic E-state index is 10.5. The quantitative estimate of drug-likeness (QED) is 0.756. The predicted octanol–water partition coefficient (Wildman–Crippen LogP) is 4.83. The van der Waals surface area contributed by atoms with Crippen LogP contribution in [0.15, 0.2) is 30.3 Å². The van der Waals surface area contributed by atoms with E-state index in [1.165, 1.54) is 5.56 Å². The highest BCUT2D eigenvalue weighted by molar-refractivity contribution is 7.53. The van der Waals surface area contributed by atoms with Crippen LogP contribution in [-0.2, 0) is 6.42 Å². The molecule has 102 valence electrons. The molecule has 0 fully saturated rings. The Labute approximate surface area is 113 Å². The van der Waals surface area contributed by atoms with Gasteiger partial charge in [-0.2, -0.15) is 0 Å². The maximum absolute atomic E-state index is 10.5. The molecule has 18 heavy (non-hydrogen) atoms. The van der Waals surface area contributed by atoms with Gasteiger partial charge in [0.2, 0.25) is 0 Å². The van der Waals surface area contributed by atoms with Gasteiger partial charge in [0, 0.05) is 13.3 Å². The average Bonchev–Trinajstić information content (AvgIpc) is 2.24. The number of benzene rings is 1. The second-order valence-corrected chi connectivity index (χ2v) is 9.37. The number of hydrogen-bond donors (Lipinski definition) is 1. The van der Waals surface area contributed by atoms with E-state index in [4.69, 9.17) is 0 Å². The zero-order valence-corrected chi connectivity index (χ0v) is 13.3. The molecule has 0 saturated carbocycles. The van der Waals surface area contributed by atoms with Crippen LogP contribution in [0.5, 0.6) is 0 Å². The average molecular weight is 266 g/mol. The van der Waals surface area contributed by atoms with Gasteiger partial charge in [-0.25, -0.2) is 0 Å². The molecule has 0 bridgehead atoms.